The smallest absolute Gasteiger partial charge is 0.407 e. The van der Waals surface area contributed by atoms with Crippen molar-refractivity contribution in [2.75, 3.05) is 14.2 Å². The van der Waals surface area contributed by atoms with E-state index in [4.69, 9.17) is 9.47 Å². The van der Waals surface area contributed by atoms with Crippen molar-refractivity contribution in [3.8, 4) is 5.75 Å². The zero-order valence-corrected chi connectivity index (χ0v) is 14.2. The standard InChI is InChI=1S/C19H21NO5/c1-23-18(21)17(20-19(22)24-2)12-14-8-10-16(11-9-14)25-13-15-6-4-3-5-7-15/h3-11,17H,12-13H2,1-2H3,(H,20,22)/t17-/m0/s1. The minimum atomic E-state index is -0.812. The molecule has 132 valence electrons. The number of nitrogens with one attached hydrogen (secondary N) is 1. The molecule has 1 amide bonds. The number of alkyl carbamates (subject to hydrolysis) is 1. The van der Waals surface area contributed by atoms with Crippen molar-refractivity contribution in [3.05, 3.63) is 65.7 Å². The topological polar surface area (TPSA) is 73.9 Å². The zero-order chi connectivity index (χ0) is 18.1. The van der Waals surface area contributed by atoms with Crippen LogP contribution in [0, 0.1) is 0 Å². The Balaban J connectivity index is 1.95. The summed E-state index contributed by atoms with van der Waals surface area (Å²) in [5.74, 6) is 0.193. The van der Waals surface area contributed by atoms with Crippen molar-refractivity contribution in [3.63, 3.8) is 0 Å². The fraction of sp³-hybridized carbons (Fsp3) is 0.263. The Hall–Kier alpha value is -3.02. The van der Waals surface area contributed by atoms with Crippen LogP contribution >= 0.6 is 0 Å². The van der Waals surface area contributed by atoms with Gasteiger partial charge in [0.2, 0.25) is 0 Å². The molecule has 6 nitrogen and oxygen atoms in total. The molecular weight excluding hydrogens is 322 g/mol. The van der Waals surface area contributed by atoms with Gasteiger partial charge in [0.05, 0.1) is 14.2 Å². The normalized spacial score (nSPS) is 11.3. The number of ether oxygens (including phenoxy) is 3. The van der Waals surface area contributed by atoms with Crippen LogP contribution in [0.25, 0.3) is 0 Å². The monoisotopic (exact) mass is 343 g/mol. The summed E-state index contributed by atoms with van der Waals surface area (Å²) < 4.78 is 15.0. The molecule has 0 saturated heterocycles. The summed E-state index contributed by atoms with van der Waals surface area (Å²) in [4.78, 5) is 23.1. The number of rotatable bonds is 7. The molecule has 0 heterocycles. The van der Waals surface area contributed by atoms with E-state index in [-0.39, 0.29) is 0 Å². The number of carbonyl (C=O) groups excluding carboxylic acids is 2. The highest BCUT2D eigenvalue weighted by Crippen LogP contribution is 2.15. The molecule has 0 aliphatic carbocycles. The molecule has 0 bridgehead atoms. The van der Waals surface area contributed by atoms with Gasteiger partial charge in [0.25, 0.3) is 0 Å². The lowest BCUT2D eigenvalue weighted by Crippen LogP contribution is -2.42. The van der Waals surface area contributed by atoms with E-state index < -0.39 is 18.1 Å². The number of hydrogen-bond donors (Lipinski definition) is 1. The van der Waals surface area contributed by atoms with Crippen LogP contribution in [0.5, 0.6) is 5.75 Å². The molecule has 0 radical (unpaired) electrons. The second kappa shape index (κ2) is 9.32. The third kappa shape index (κ3) is 5.84. The first kappa shape index (κ1) is 18.3. The predicted molar refractivity (Wildman–Crippen MR) is 92.3 cm³/mol. The molecule has 2 aromatic carbocycles. The van der Waals surface area contributed by atoms with E-state index >= 15 is 0 Å². The van der Waals surface area contributed by atoms with E-state index in [9.17, 15) is 9.59 Å². The molecule has 0 aliphatic rings. The number of hydrogen-bond acceptors (Lipinski definition) is 5. The lowest BCUT2D eigenvalue weighted by Gasteiger charge is -2.16. The Kier molecular flexibility index (Phi) is 6.83. The number of carbonyl (C=O) groups is 2. The van der Waals surface area contributed by atoms with Crippen LogP contribution < -0.4 is 10.1 Å². The summed E-state index contributed by atoms with van der Waals surface area (Å²) in [6, 6.07) is 16.4. The molecule has 1 N–H and O–H groups in total. The van der Waals surface area contributed by atoms with Gasteiger partial charge in [-0.25, -0.2) is 9.59 Å². The number of amides is 1. The summed E-state index contributed by atoms with van der Waals surface area (Å²) in [6.07, 6.45) is -0.390. The van der Waals surface area contributed by atoms with Gasteiger partial charge in [-0.2, -0.15) is 0 Å². The Morgan fingerprint density at radius 3 is 2.20 bits per heavy atom. The summed E-state index contributed by atoms with van der Waals surface area (Å²) in [5, 5.41) is 2.46. The second-order valence-corrected chi connectivity index (χ2v) is 5.33. The Bertz CT molecular complexity index is 685. The molecule has 0 spiro atoms. The van der Waals surface area contributed by atoms with Gasteiger partial charge in [0, 0.05) is 6.42 Å². The first-order valence-corrected chi connectivity index (χ1v) is 7.80. The molecule has 25 heavy (non-hydrogen) atoms. The van der Waals surface area contributed by atoms with E-state index in [2.05, 4.69) is 10.1 Å². The van der Waals surface area contributed by atoms with E-state index in [1.54, 1.807) is 0 Å². The van der Waals surface area contributed by atoms with Crippen molar-refractivity contribution < 1.29 is 23.8 Å². The lowest BCUT2D eigenvalue weighted by molar-refractivity contribution is -0.142. The van der Waals surface area contributed by atoms with E-state index in [1.165, 1.54) is 14.2 Å². The average Bonchev–Trinajstić information content (AvgIpc) is 2.66. The highest BCUT2D eigenvalue weighted by Gasteiger charge is 2.22. The second-order valence-electron chi connectivity index (χ2n) is 5.33. The minimum absolute atomic E-state index is 0.292. The Morgan fingerprint density at radius 1 is 0.920 bits per heavy atom. The molecular formula is C19H21NO5. The van der Waals surface area contributed by atoms with Crippen molar-refractivity contribution in [1.29, 1.82) is 0 Å². The van der Waals surface area contributed by atoms with Crippen molar-refractivity contribution in [2.24, 2.45) is 0 Å². The number of benzene rings is 2. The van der Waals surface area contributed by atoms with Crippen LogP contribution in [0.1, 0.15) is 11.1 Å². The van der Waals surface area contributed by atoms with Gasteiger partial charge in [-0.1, -0.05) is 42.5 Å². The first-order valence-electron chi connectivity index (χ1n) is 7.80. The fourth-order valence-corrected chi connectivity index (χ4v) is 2.24. The fourth-order valence-electron chi connectivity index (χ4n) is 2.24. The molecule has 0 aromatic heterocycles. The maximum atomic E-state index is 11.8. The molecule has 6 heteroatoms. The van der Waals surface area contributed by atoms with Gasteiger partial charge in [-0.15, -0.1) is 0 Å². The lowest BCUT2D eigenvalue weighted by atomic mass is 10.1. The van der Waals surface area contributed by atoms with Crippen LogP contribution in [0.4, 0.5) is 4.79 Å². The molecule has 0 fully saturated rings. The first-order chi connectivity index (χ1) is 12.1. The van der Waals surface area contributed by atoms with Gasteiger partial charge in [0.15, 0.2) is 0 Å². The molecule has 2 aromatic rings. The maximum Gasteiger partial charge on any atom is 0.407 e. The van der Waals surface area contributed by atoms with E-state index in [1.807, 2.05) is 54.6 Å². The average molecular weight is 343 g/mol. The molecule has 1 atom stereocenters. The van der Waals surface area contributed by atoms with Crippen molar-refractivity contribution in [2.45, 2.75) is 19.1 Å². The predicted octanol–water partition coefficient (Wildman–Crippen LogP) is 2.71. The van der Waals surface area contributed by atoms with Crippen LogP contribution in [0.2, 0.25) is 0 Å². The highest BCUT2D eigenvalue weighted by atomic mass is 16.5. The van der Waals surface area contributed by atoms with E-state index in [0.717, 1.165) is 16.9 Å². The summed E-state index contributed by atoms with van der Waals surface area (Å²) in [5.41, 5.74) is 1.94. The highest BCUT2D eigenvalue weighted by molar-refractivity contribution is 5.81. The van der Waals surface area contributed by atoms with Gasteiger partial charge >= 0.3 is 12.1 Å². The van der Waals surface area contributed by atoms with Gasteiger partial charge in [0.1, 0.15) is 18.4 Å². The molecule has 0 unspecified atom stereocenters. The quantitative estimate of drug-likeness (QED) is 0.783. The molecule has 2 rings (SSSR count). The number of esters is 1. The van der Waals surface area contributed by atoms with Crippen LogP contribution in [0.15, 0.2) is 54.6 Å². The maximum absolute atomic E-state index is 11.8. The summed E-state index contributed by atoms with van der Waals surface area (Å²) in [7, 11) is 2.51. The van der Waals surface area contributed by atoms with E-state index in [0.29, 0.717) is 13.0 Å². The Morgan fingerprint density at radius 2 is 1.60 bits per heavy atom. The third-order valence-corrected chi connectivity index (χ3v) is 3.57. The van der Waals surface area contributed by atoms with Gasteiger partial charge in [-0.05, 0) is 23.3 Å². The Labute approximate surface area is 146 Å². The largest absolute Gasteiger partial charge is 0.489 e. The van der Waals surface area contributed by atoms with Crippen LogP contribution in [0.3, 0.4) is 0 Å². The van der Waals surface area contributed by atoms with Crippen molar-refractivity contribution in [1.82, 2.24) is 5.32 Å². The zero-order valence-electron chi connectivity index (χ0n) is 14.2. The molecule has 0 saturated carbocycles. The minimum Gasteiger partial charge on any atom is -0.489 e. The summed E-state index contributed by atoms with van der Waals surface area (Å²) in [6.45, 7) is 0.481. The van der Waals surface area contributed by atoms with Crippen molar-refractivity contribution >= 4 is 12.1 Å². The van der Waals surface area contributed by atoms with Crippen LogP contribution in [-0.4, -0.2) is 32.3 Å². The summed E-state index contributed by atoms with van der Waals surface area (Å²) >= 11 is 0. The molecule has 0 aliphatic heterocycles. The van der Waals surface area contributed by atoms with Gasteiger partial charge < -0.3 is 19.5 Å². The van der Waals surface area contributed by atoms with Crippen LogP contribution in [-0.2, 0) is 27.3 Å². The SMILES string of the molecule is COC(=O)N[C@@H](Cc1ccc(OCc2ccccc2)cc1)C(=O)OC. The van der Waals surface area contributed by atoms with Gasteiger partial charge in [-0.3, -0.25) is 0 Å². The third-order valence-electron chi connectivity index (χ3n) is 3.57. The number of methoxy groups -OCH3 is 2.